The maximum Gasteiger partial charge on any atom is 0.332 e. The van der Waals surface area contributed by atoms with Crippen molar-refractivity contribution in [2.45, 2.75) is 59.4 Å². The number of aromatic nitrogens is 6. The summed E-state index contributed by atoms with van der Waals surface area (Å²) >= 11 is 6.36. The van der Waals surface area contributed by atoms with Gasteiger partial charge < -0.3 is 9.30 Å². The Morgan fingerprint density at radius 1 is 1.05 bits per heavy atom. The molecule has 10 nitrogen and oxygen atoms in total. The minimum atomic E-state index is -1.30. The Morgan fingerprint density at radius 2 is 1.74 bits per heavy atom. The van der Waals surface area contributed by atoms with E-state index in [9.17, 15) is 14.4 Å². The quantitative estimate of drug-likeness (QED) is 0.135. The molecule has 202 valence electrons. The summed E-state index contributed by atoms with van der Waals surface area (Å²) in [4.78, 5) is 44.4. The molecule has 4 aromatic rings. The highest BCUT2D eigenvalue weighted by Crippen LogP contribution is 2.18. The van der Waals surface area contributed by atoms with Gasteiger partial charge in [0, 0.05) is 33.7 Å². The predicted molar refractivity (Wildman–Crippen MR) is 153 cm³/mol. The summed E-state index contributed by atoms with van der Waals surface area (Å²) in [6, 6.07) is 7.99. The van der Waals surface area contributed by atoms with Crippen molar-refractivity contribution in [2.75, 3.05) is 6.61 Å². The van der Waals surface area contributed by atoms with Gasteiger partial charge in [-0.1, -0.05) is 49.5 Å². The van der Waals surface area contributed by atoms with Crippen LogP contribution in [0.15, 0.2) is 50.3 Å². The van der Waals surface area contributed by atoms with Crippen LogP contribution in [-0.4, -0.2) is 43.1 Å². The molecule has 0 aliphatic carbocycles. The normalized spacial score (nSPS) is 12.0. The standard InChI is InChI=1S/C26H33ClN6O4Si/c1-17(2)11-12-31-21-22(28-25(31)27)30(3)26(36)32(24(21)35)15-20-18-9-7-8-10-19(18)23(34)33(29-20)16-37-13-14-38(4,5)6/h7-11H,12-16H2,1-6H3. The highest BCUT2D eigenvalue weighted by Gasteiger charge is 2.21. The van der Waals surface area contributed by atoms with Gasteiger partial charge in [-0.25, -0.2) is 9.48 Å². The minimum Gasteiger partial charge on any atom is -0.359 e. The summed E-state index contributed by atoms with van der Waals surface area (Å²) in [5.74, 6) is 0. The van der Waals surface area contributed by atoms with Gasteiger partial charge >= 0.3 is 5.69 Å². The third-order valence-electron chi connectivity index (χ3n) is 6.33. The molecule has 0 radical (unpaired) electrons. The van der Waals surface area contributed by atoms with E-state index in [0.29, 0.717) is 29.6 Å². The van der Waals surface area contributed by atoms with Gasteiger partial charge in [-0.2, -0.15) is 10.1 Å². The molecule has 0 aliphatic heterocycles. The number of imidazole rings is 1. The van der Waals surface area contributed by atoms with E-state index >= 15 is 0 Å². The number of nitrogens with zero attached hydrogens (tertiary/aromatic N) is 6. The van der Waals surface area contributed by atoms with E-state index in [-0.39, 0.29) is 35.3 Å². The molecule has 0 N–H and O–H groups in total. The van der Waals surface area contributed by atoms with Gasteiger partial charge in [0.05, 0.1) is 17.6 Å². The van der Waals surface area contributed by atoms with E-state index in [2.05, 4.69) is 29.7 Å². The van der Waals surface area contributed by atoms with Crippen LogP contribution in [0.5, 0.6) is 0 Å². The zero-order valence-corrected chi connectivity index (χ0v) is 24.4. The van der Waals surface area contributed by atoms with Crippen LogP contribution in [0.4, 0.5) is 0 Å². The van der Waals surface area contributed by atoms with Gasteiger partial charge in [-0.15, -0.1) is 0 Å². The maximum atomic E-state index is 13.7. The number of benzene rings is 1. The summed E-state index contributed by atoms with van der Waals surface area (Å²) < 4.78 is 11.0. The second kappa shape index (κ2) is 10.8. The number of halogens is 1. The van der Waals surface area contributed by atoms with Gasteiger partial charge in [0.15, 0.2) is 11.2 Å². The lowest BCUT2D eigenvalue weighted by molar-refractivity contribution is 0.0749. The lowest BCUT2D eigenvalue weighted by atomic mass is 10.1. The van der Waals surface area contributed by atoms with Crippen LogP contribution in [0.25, 0.3) is 21.9 Å². The zero-order chi connectivity index (χ0) is 27.8. The largest absolute Gasteiger partial charge is 0.359 e. The summed E-state index contributed by atoms with van der Waals surface area (Å²) in [5.41, 5.74) is 0.524. The lowest BCUT2D eigenvalue weighted by Crippen LogP contribution is -2.40. The van der Waals surface area contributed by atoms with E-state index in [1.807, 2.05) is 19.9 Å². The second-order valence-corrected chi connectivity index (χ2v) is 16.8. The SMILES string of the molecule is CC(C)=CCn1c(Cl)nc2c1c(=O)n(Cc1nn(COCC[Si](C)(C)C)c(=O)c3ccccc13)c(=O)n2C. The fourth-order valence-corrected chi connectivity index (χ4v) is 5.10. The van der Waals surface area contributed by atoms with Crippen molar-refractivity contribution in [2.24, 2.45) is 7.05 Å². The van der Waals surface area contributed by atoms with E-state index in [1.54, 1.807) is 35.9 Å². The summed E-state index contributed by atoms with van der Waals surface area (Å²) in [5, 5.41) is 5.66. The number of aryl methyl sites for hydroxylation is 1. The monoisotopic (exact) mass is 556 g/mol. The van der Waals surface area contributed by atoms with Crippen molar-refractivity contribution in [3.63, 3.8) is 0 Å². The first kappa shape index (κ1) is 27.7. The van der Waals surface area contributed by atoms with Crippen molar-refractivity contribution in [3.8, 4) is 0 Å². The Morgan fingerprint density at radius 3 is 2.39 bits per heavy atom. The Labute approximate surface area is 225 Å². The highest BCUT2D eigenvalue weighted by atomic mass is 35.5. The Hall–Kier alpha value is -3.28. The van der Waals surface area contributed by atoms with E-state index < -0.39 is 19.3 Å². The average molecular weight is 557 g/mol. The van der Waals surface area contributed by atoms with Crippen molar-refractivity contribution in [3.05, 3.63) is 78.1 Å². The van der Waals surface area contributed by atoms with Gasteiger partial charge in [0.25, 0.3) is 11.1 Å². The van der Waals surface area contributed by atoms with Gasteiger partial charge in [-0.05, 0) is 37.6 Å². The molecule has 38 heavy (non-hydrogen) atoms. The Balaban J connectivity index is 1.83. The van der Waals surface area contributed by atoms with Crippen molar-refractivity contribution < 1.29 is 4.74 Å². The first-order chi connectivity index (χ1) is 17.9. The van der Waals surface area contributed by atoms with Crippen LogP contribution < -0.4 is 16.8 Å². The summed E-state index contributed by atoms with van der Waals surface area (Å²) in [6.45, 7) is 11.4. The molecule has 1 aromatic carbocycles. The average Bonchev–Trinajstić information content (AvgIpc) is 3.19. The maximum absolute atomic E-state index is 13.7. The number of rotatable bonds is 9. The Bertz CT molecular complexity index is 1720. The first-order valence-corrected chi connectivity index (χ1v) is 16.5. The molecule has 0 bridgehead atoms. The molecule has 0 spiro atoms. The molecule has 0 saturated heterocycles. The number of fused-ring (bicyclic) bond motifs is 2. The predicted octanol–water partition coefficient (Wildman–Crippen LogP) is 3.59. The van der Waals surface area contributed by atoms with Crippen molar-refractivity contribution in [1.82, 2.24) is 28.5 Å². The topological polar surface area (TPSA) is 106 Å². The number of allylic oxidation sites excluding steroid dienone is 2. The number of hydrogen-bond donors (Lipinski definition) is 0. The third-order valence-corrected chi connectivity index (χ3v) is 8.32. The zero-order valence-electron chi connectivity index (χ0n) is 22.6. The second-order valence-electron chi connectivity index (χ2n) is 10.8. The molecule has 4 rings (SSSR count). The van der Waals surface area contributed by atoms with E-state index in [1.165, 1.54) is 9.25 Å². The smallest absolute Gasteiger partial charge is 0.332 e. The summed E-state index contributed by atoms with van der Waals surface area (Å²) in [6.07, 6.45) is 1.93. The molecular weight excluding hydrogens is 524 g/mol. The molecule has 3 heterocycles. The molecule has 12 heteroatoms. The molecule has 0 aliphatic rings. The van der Waals surface area contributed by atoms with E-state index in [4.69, 9.17) is 16.3 Å². The molecule has 0 fully saturated rings. The molecule has 0 saturated carbocycles. The fraction of sp³-hybridized carbons (Fsp3) is 0.423. The van der Waals surface area contributed by atoms with Crippen LogP contribution in [0, 0.1) is 0 Å². The molecule has 3 aromatic heterocycles. The van der Waals surface area contributed by atoms with Gasteiger partial charge in [-0.3, -0.25) is 18.7 Å². The fourth-order valence-electron chi connectivity index (χ4n) is 4.11. The van der Waals surface area contributed by atoms with Gasteiger partial charge in [0.1, 0.15) is 6.73 Å². The van der Waals surface area contributed by atoms with E-state index in [0.717, 1.165) is 16.2 Å². The Kier molecular flexibility index (Phi) is 7.91. The van der Waals surface area contributed by atoms with Crippen LogP contribution in [0.1, 0.15) is 19.5 Å². The first-order valence-electron chi connectivity index (χ1n) is 12.4. The number of ether oxygens (including phenoxy) is 1. The third kappa shape index (κ3) is 5.59. The molecule has 0 unspecified atom stereocenters. The van der Waals surface area contributed by atoms with Crippen molar-refractivity contribution >= 4 is 41.6 Å². The van der Waals surface area contributed by atoms with Crippen LogP contribution in [0.2, 0.25) is 31.0 Å². The van der Waals surface area contributed by atoms with Gasteiger partial charge in [0.2, 0.25) is 5.28 Å². The molecular formula is C26H33ClN6O4Si. The van der Waals surface area contributed by atoms with Crippen LogP contribution in [0.3, 0.4) is 0 Å². The molecule has 0 atom stereocenters. The van der Waals surface area contributed by atoms with Crippen molar-refractivity contribution in [1.29, 1.82) is 0 Å². The summed E-state index contributed by atoms with van der Waals surface area (Å²) in [7, 11) is 0.251. The van der Waals surface area contributed by atoms with Crippen LogP contribution in [-0.2, 0) is 31.6 Å². The lowest BCUT2D eigenvalue weighted by Gasteiger charge is -2.16. The highest BCUT2D eigenvalue weighted by molar-refractivity contribution is 6.76. The minimum absolute atomic E-state index is 0.0157. The number of hydrogen-bond acceptors (Lipinski definition) is 6. The van der Waals surface area contributed by atoms with Crippen LogP contribution >= 0.6 is 11.6 Å². The molecule has 0 amide bonds.